The normalized spacial score (nSPS) is 9.00. The summed E-state index contributed by atoms with van der Waals surface area (Å²) in [6, 6.07) is 1.69. The van der Waals surface area contributed by atoms with Gasteiger partial charge in [0.1, 0.15) is 0 Å². The molecular formula is C15H24N2O6. The molecule has 0 radical (unpaired) electrons. The Hall–Kier alpha value is -2.92. The second-order valence-corrected chi connectivity index (χ2v) is 3.74. The molecule has 0 unspecified atom stereocenters. The van der Waals surface area contributed by atoms with Crippen LogP contribution in [0.2, 0.25) is 0 Å². The van der Waals surface area contributed by atoms with E-state index >= 15 is 0 Å². The number of carboxylic acid groups (broad SMARTS) is 2. The molecule has 8 nitrogen and oxygen atoms in total. The van der Waals surface area contributed by atoms with E-state index in [1.54, 1.807) is 13.0 Å². The standard InChI is InChI=1S/C8H15NO.C4H4O4.C3H3N.H2O/c1-3-4-5-6-7(2)8(9)10;5-3(6)1-2-4(7)8;1-2-3-4;/h6H,3-5H2,1-2H3,(H2,9,10);1-2H,(H,5,6)(H,7,8);2H,1H2;1H2/b;2-1-;;. The Labute approximate surface area is 135 Å². The predicted molar refractivity (Wildman–Crippen MR) is 86.3 cm³/mol. The molecule has 0 rings (SSSR count). The van der Waals surface area contributed by atoms with Gasteiger partial charge >= 0.3 is 11.9 Å². The highest BCUT2D eigenvalue weighted by Crippen LogP contribution is 1.99. The zero-order valence-electron chi connectivity index (χ0n) is 13.3. The van der Waals surface area contributed by atoms with Crippen LogP contribution in [0.25, 0.3) is 0 Å². The lowest BCUT2D eigenvalue weighted by Gasteiger charge is -1.92. The number of primary amides is 1. The van der Waals surface area contributed by atoms with Gasteiger partial charge in [0.2, 0.25) is 5.91 Å². The molecule has 0 spiro atoms. The van der Waals surface area contributed by atoms with Crippen molar-refractivity contribution in [1.29, 1.82) is 5.26 Å². The molecule has 1 amide bonds. The van der Waals surface area contributed by atoms with Crippen LogP contribution < -0.4 is 5.73 Å². The third-order valence-corrected chi connectivity index (χ3v) is 1.86. The number of rotatable bonds is 6. The molecule has 0 bridgehead atoms. The van der Waals surface area contributed by atoms with Crippen LogP contribution in [0.4, 0.5) is 0 Å². The van der Waals surface area contributed by atoms with Gasteiger partial charge in [0.15, 0.2) is 0 Å². The second-order valence-electron chi connectivity index (χ2n) is 3.74. The summed E-state index contributed by atoms with van der Waals surface area (Å²) in [6.45, 7) is 6.98. The summed E-state index contributed by atoms with van der Waals surface area (Å²) in [6.07, 6.45) is 7.44. The Balaban J connectivity index is -0.000000125. The molecule has 130 valence electrons. The molecule has 0 aliphatic carbocycles. The van der Waals surface area contributed by atoms with Crippen LogP contribution >= 0.6 is 0 Å². The summed E-state index contributed by atoms with van der Waals surface area (Å²) in [5.74, 6) is -2.82. The van der Waals surface area contributed by atoms with Crippen LogP contribution in [0.5, 0.6) is 0 Å². The number of hydrogen-bond donors (Lipinski definition) is 3. The summed E-state index contributed by atoms with van der Waals surface area (Å²) in [5, 5.41) is 23.1. The maximum Gasteiger partial charge on any atom is 0.328 e. The van der Waals surface area contributed by atoms with Crippen molar-refractivity contribution >= 4 is 17.8 Å². The van der Waals surface area contributed by atoms with Crippen molar-refractivity contribution in [3.63, 3.8) is 0 Å². The average molecular weight is 328 g/mol. The number of hydrogen-bond acceptors (Lipinski definition) is 4. The lowest BCUT2D eigenvalue weighted by Crippen LogP contribution is -2.11. The predicted octanol–water partition coefficient (Wildman–Crippen LogP) is 1.19. The molecule has 0 aromatic rings. The number of allylic oxidation sites excluding steroid dienone is 2. The molecule has 6 N–H and O–H groups in total. The Kier molecular flexibility index (Phi) is 26.3. The number of aliphatic carboxylic acids is 2. The zero-order valence-corrected chi connectivity index (χ0v) is 13.3. The lowest BCUT2D eigenvalue weighted by molar-refractivity contribution is -0.134. The first kappa shape index (κ1) is 28.3. The van der Waals surface area contributed by atoms with E-state index in [-0.39, 0.29) is 11.4 Å². The van der Waals surface area contributed by atoms with E-state index in [9.17, 15) is 14.4 Å². The Morgan fingerprint density at radius 2 is 1.61 bits per heavy atom. The quantitative estimate of drug-likeness (QED) is 0.375. The highest BCUT2D eigenvalue weighted by atomic mass is 16.4. The van der Waals surface area contributed by atoms with E-state index in [2.05, 4.69) is 13.5 Å². The van der Waals surface area contributed by atoms with Crippen molar-refractivity contribution in [2.45, 2.75) is 33.1 Å². The fourth-order valence-electron chi connectivity index (χ4n) is 0.766. The summed E-state index contributed by atoms with van der Waals surface area (Å²) in [4.78, 5) is 29.6. The van der Waals surface area contributed by atoms with E-state index in [4.69, 9.17) is 21.2 Å². The minimum atomic E-state index is -1.26. The van der Waals surface area contributed by atoms with Gasteiger partial charge in [0, 0.05) is 23.8 Å². The van der Waals surface area contributed by atoms with Crippen molar-refractivity contribution in [1.82, 2.24) is 0 Å². The SMILES string of the molecule is C=CC#N.CCCCC=C(C)C(N)=O.O.O=C(O)/C=C\C(=O)O. The van der Waals surface area contributed by atoms with Gasteiger partial charge in [-0.3, -0.25) is 4.79 Å². The number of carboxylic acids is 2. The van der Waals surface area contributed by atoms with Crippen molar-refractivity contribution in [2.75, 3.05) is 0 Å². The molecule has 0 fully saturated rings. The monoisotopic (exact) mass is 328 g/mol. The maximum absolute atomic E-state index is 10.4. The third-order valence-electron chi connectivity index (χ3n) is 1.86. The van der Waals surface area contributed by atoms with Crippen LogP contribution in [-0.4, -0.2) is 33.5 Å². The smallest absolute Gasteiger partial charge is 0.328 e. The number of nitrogens with zero attached hydrogens (tertiary/aromatic N) is 1. The minimum Gasteiger partial charge on any atom is -0.478 e. The van der Waals surface area contributed by atoms with Gasteiger partial charge in [-0.1, -0.05) is 32.4 Å². The van der Waals surface area contributed by atoms with E-state index in [0.29, 0.717) is 17.7 Å². The Bertz CT molecular complexity index is 445. The third kappa shape index (κ3) is 38.1. The number of amides is 1. The van der Waals surface area contributed by atoms with Gasteiger partial charge in [0.25, 0.3) is 0 Å². The largest absolute Gasteiger partial charge is 0.478 e. The lowest BCUT2D eigenvalue weighted by atomic mass is 10.2. The van der Waals surface area contributed by atoms with Crippen LogP contribution in [0.1, 0.15) is 33.1 Å². The van der Waals surface area contributed by atoms with Crippen LogP contribution in [-0.2, 0) is 14.4 Å². The highest BCUT2D eigenvalue weighted by Gasteiger charge is 1.93. The molecule has 0 aliphatic heterocycles. The molecule has 0 aromatic heterocycles. The Morgan fingerprint density at radius 1 is 1.22 bits per heavy atom. The fourth-order valence-corrected chi connectivity index (χ4v) is 0.766. The van der Waals surface area contributed by atoms with Crippen molar-refractivity contribution in [3.8, 4) is 6.07 Å². The van der Waals surface area contributed by atoms with Crippen molar-refractivity contribution in [3.05, 3.63) is 36.5 Å². The maximum atomic E-state index is 10.4. The first-order valence-electron chi connectivity index (χ1n) is 6.33. The fraction of sp³-hybridized carbons (Fsp3) is 0.333. The molecule has 0 aromatic carbocycles. The molecule has 0 atom stereocenters. The van der Waals surface area contributed by atoms with Crippen LogP contribution in [0, 0.1) is 11.3 Å². The summed E-state index contributed by atoms with van der Waals surface area (Å²) >= 11 is 0. The zero-order chi connectivity index (χ0) is 18.0. The number of carbonyl (C=O) groups is 3. The Morgan fingerprint density at radius 3 is 1.83 bits per heavy atom. The van der Waals surface area contributed by atoms with E-state index < -0.39 is 11.9 Å². The van der Waals surface area contributed by atoms with Gasteiger partial charge in [-0.15, -0.1) is 0 Å². The highest BCUT2D eigenvalue weighted by molar-refractivity contribution is 5.91. The summed E-state index contributed by atoms with van der Waals surface area (Å²) in [5.41, 5.74) is 5.69. The molecule has 8 heteroatoms. The molecule has 0 heterocycles. The molecule has 0 saturated heterocycles. The van der Waals surface area contributed by atoms with E-state index in [0.717, 1.165) is 19.3 Å². The average Bonchev–Trinajstić information content (AvgIpc) is 2.46. The van der Waals surface area contributed by atoms with Crippen LogP contribution in [0.15, 0.2) is 36.5 Å². The number of carbonyl (C=O) groups excluding carboxylic acids is 1. The van der Waals surface area contributed by atoms with Gasteiger partial charge in [-0.05, 0) is 13.3 Å². The first-order valence-corrected chi connectivity index (χ1v) is 6.33. The first-order chi connectivity index (χ1) is 10.2. The molecule has 23 heavy (non-hydrogen) atoms. The number of nitrogens with two attached hydrogens (primary N) is 1. The van der Waals surface area contributed by atoms with Gasteiger partial charge in [0.05, 0.1) is 6.07 Å². The summed E-state index contributed by atoms with van der Waals surface area (Å²) < 4.78 is 0. The van der Waals surface area contributed by atoms with Gasteiger partial charge in [-0.25, -0.2) is 9.59 Å². The van der Waals surface area contributed by atoms with Gasteiger partial charge < -0.3 is 21.4 Å². The van der Waals surface area contributed by atoms with Crippen LogP contribution in [0.3, 0.4) is 0 Å². The number of unbranched alkanes of at least 4 members (excludes halogenated alkanes) is 2. The van der Waals surface area contributed by atoms with E-state index in [1.165, 1.54) is 6.08 Å². The second kappa shape index (κ2) is 21.4. The van der Waals surface area contributed by atoms with Crippen molar-refractivity contribution in [2.24, 2.45) is 5.73 Å². The van der Waals surface area contributed by atoms with Gasteiger partial charge in [-0.2, -0.15) is 5.26 Å². The molecular weight excluding hydrogens is 304 g/mol. The topological polar surface area (TPSA) is 173 Å². The molecule has 0 aliphatic rings. The minimum absolute atomic E-state index is 0. The van der Waals surface area contributed by atoms with E-state index in [1.807, 2.05) is 6.08 Å². The van der Waals surface area contributed by atoms with Crippen molar-refractivity contribution < 1.29 is 30.1 Å². The number of nitriles is 1. The summed E-state index contributed by atoms with van der Waals surface area (Å²) in [7, 11) is 0. The molecule has 0 saturated carbocycles.